The van der Waals surface area contributed by atoms with Crippen LogP contribution < -0.4 is 5.32 Å². The molecule has 1 aliphatic rings. The molecule has 2 amide bonds. The topological polar surface area (TPSA) is 69.6 Å². The minimum atomic E-state index is -1.58. The average Bonchev–Trinajstić information content (AvgIpc) is 2.67. The van der Waals surface area contributed by atoms with Crippen molar-refractivity contribution in [3.8, 4) is 0 Å². The van der Waals surface area contributed by atoms with E-state index in [2.05, 4.69) is 5.32 Å². The van der Waals surface area contributed by atoms with E-state index in [4.69, 9.17) is 0 Å². The molecular formula is C23H28N2O3. The Labute approximate surface area is 166 Å². The molecule has 1 saturated heterocycles. The number of β-lactam (4-membered cyclic amide) rings is 1. The molecule has 28 heavy (non-hydrogen) atoms. The standard InChI is InChI=1S/C23H28N2O3/c1-15(2)25-21(27)23(28,22(25,4)5)19-13-11-18(12-14-19)20(26)24-16(3)17-9-7-6-8-10-17/h6-16,28H,1-5H3,(H,24,26)/t16-,23+/m1/s1. The predicted molar refractivity (Wildman–Crippen MR) is 109 cm³/mol. The summed E-state index contributed by atoms with van der Waals surface area (Å²) in [7, 11) is 0. The molecule has 2 aromatic rings. The van der Waals surface area contributed by atoms with Gasteiger partial charge in [-0.05, 0) is 57.9 Å². The Morgan fingerprint density at radius 2 is 1.57 bits per heavy atom. The van der Waals surface area contributed by atoms with Crippen LogP contribution >= 0.6 is 0 Å². The van der Waals surface area contributed by atoms with Gasteiger partial charge in [-0.2, -0.15) is 0 Å². The molecule has 0 radical (unpaired) electrons. The molecule has 0 aromatic heterocycles. The molecule has 0 aliphatic carbocycles. The molecule has 5 nitrogen and oxygen atoms in total. The number of rotatable bonds is 5. The van der Waals surface area contributed by atoms with Crippen molar-refractivity contribution >= 4 is 11.8 Å². The van der Waals surface area contributed by atoms with Gasteiger partial charge in [0.15, 0.2) is 5.60 Å². The molecule has 5 heteroatoms. The number of aliphatic hydroxyl groups is 1. The van der Waals surface area contributed by atoms with E-state index in [9.17, 15) is 14.7 Å². The van der Waals surface area contributed by atoms with Crippen LogP contribution in [-0.2, 0) is 10.4 Å². The van der Waals surface area contributed by atoms with Crippen LogP contribution in [0.2, 0.25) is 0 Å². The average molecular weight is 380 g/mol. The summed E-state index contributed by atoms with van der Waals surface area (Å²) >= 11 is 0. The lowest BCUT2D eigenvalue weighted by Gasteiger charge is -2.61. The van der Waals surface area contributed by atoms with Gasteiger partial charge < -0.3 is 15.3 Å². The van der Waals surface area contributed by atoms with Crippen LogP contribution in [0.3, 0.4) is 0 Å². The van der Waals surface area contributed by atoms with Crippen LogP contribution in [0.15, 0.2) is 54.6 Å². The third-order valence-electron chi connectivity index (χ3n) is 5.74. The molecule has 2 atom stereocenters. The number of benzene rings is 2. The maximum absolute atomic E-state index is 12.7. The molecule has 1 aliphatic heterocycles. The van der Waals surface area contributed by atoms with Gasteiger partial charge in [0.1, 0.15) is 0 Å². The monoisotopic (exact) mass is 380 g/mol. The largest absolute Gasteiger partial charge is 0.374 e. The summed E-state index contributed by atoms with van der Waals surface area (Å²) in [4.78, 5) is 26.9. The lowest BCUT2D eigenvalue weighted by atomic mass is 9.66. The second-order valence-corrected chi connectivity index (χ2v) is 8.22. The predicted octanol–water partition coefficient (Wildman–Crippen LogP) is 3.39. The van der Waals surface area contributed by atoms with E-state index in [1.807, 2.05) is 65.0 Å². The Hall–Kier alpha value is -2.66. The molecule has 0 saturated carbocycles. The van der Waals surface area contributed by atoms with E-state index in [1.54, 1.807) is 29.2 Å². The normalized spacial score (nSPS) is 22.0. The fraction of sp³-hybridized carbons (Fsp3) is 0.391. The highest BCUT2D eigenvalue weighted by atomic mass is 16.3. The SMILES string of the molecule is CC(C)N1C(=O)[C@@](O)(c2ccc(C(=O)N[C@H](C)c3ccccc3)cc2)C1(C)C. The van der Waals surface area contributed by atoms with Gasteiger partial charge in [-0.3, -0.25) is 9.59 Å². The molecule has 2 N–H and O–H groups in total. The van der Waals surface area contributed by atoms with Gasteiger partial charge in [0, 0.05) is 11.6 Å². The van der Waals surface area contributed by atoms with Crippen LogP contribution in [0.4, 0.5) is 0 Å². The minimum absolute atomic E-state index is 0.00676. The zero-order valence-corrected chi connectivity index (χ0v) is 17.1. The van der Waals surface area contributed by atoms with Crippen molar-refractivity contribution in [1.29, 1.82) is 0 Å². The molecule has 0 spiro atoms. The van der Waals surface area contributed by atoms with Gasteiger partial charge in [0.25, 0.3) is 11.8 Å². The third-order valence-corrected chi connectivity index (χ3v) is 5.74. The molecule has 1 fully saturated rings. The van der Waals surface area contributed by atoms with E-state index in [0.717, 1.165) is 5.56 Å². The van der Waals surface area contributed by atoms with E-state index in [0.29, 0.717) is 11.1 Å². The number of amides is 2. The van der Waals surface area contributed by atoms with Crippen molar-refractivity contribution in [2.45, 2.75) is 57.8 Å². The van der Waals surface area contributed by atoms with Gasteiger partial charge in [0.05, 0.1) is 11.6 Å². The Morgan fingerprint density at radius 1 is 1.00 bits per heavy atom. The highest BCUT2D eigenvalue weighted by molar-refractivity contribution is 5.97. The molecular weight excluding hydrogens is 352 g/mol. The summed E-state index contributed by atoms with van der Waals surface area (Å²) in [5.41, 5.74) is -0.280. The van der Waals surface area contributed by atoms with Crippen molar-refractivity contribution in [1.82, 2.24) is 10.2 Å². The molecule has 0 unspecified atom stereocenters. The fourth-order valence-electron chi connectivity index (χ4n) is 4.14. The van der Waals surface area contributed by atoms with Gasteiger partial charge in [0.2, 0.25) is 0 Å². The molecule has 1 heterocycles. The highest BCUT2D eigenvalue weighted by Crippen LogP contribution is 2.49. The summed E-state index contributed by atoms with van der Waals surface area (Å²) in [6, 6.07) is 16.3. The van der Waals surface area contributed by atoms with Crippen LogP contribution in [0.5, 0.6) is 0 Å². The molecule has 3 rings (SSSR count). The van der Waals surface area contributed by atoms with E-state index in [-0.39, 0.29) is 23.9 Å². The first-order valence-corrected chi connectivity index (χ1v) is 9.63. The fourth-order valence-corrected chi connectivity index (χ4v) is 4.14. The van der Waals surface area contributed by atoms with Crippen molar-refractivity contribution in [2.75, 3.05) is 0 Å². The summed E-state index contributed by atoms with van der Waals surface area (Å²) in [5, 5.41) is 14.1. The van der Waals surface area contributed by atoms with Crippen molar-refractivity contribution < 1.29 is 14.7 Å². The molecule has 0 bridgehead atoms. The first kappa shape index (κ1) is 20.1. The highest BCUT2D eigenvalue weighted by Gasteiger charge is 2.67. The zero-order valence-electron chi connectivity index (χ0n) is 17.1. The Kier molecular flexibility index (Phi) is 5.06. The van der Waals surface area contributed by atoms with Crippen LogP contribution in [0.25, 0.3) is 0 Å². The first-order valence-electron chi connectivity index (χ1n) is 9.63. The maximum Gasteiger partial charge on any atom is 0.262 e. The van der Waals surface area contributed by atoms with Crippen LogP contribution in [-0.4, -0.2) is 33.4 Å². The number of nitrogens with one attached hydrogen (secondary N) is 1. The Bertz CT molecular complexity index is 874. The smallest absolute Gasteiger partial charge is 0.262 e. The van der Waals surface area contributed by atoms with Crippen molar-refractivity contribution in [2.24, 2.45) is 0 Å². The molecule has 2 aromatic carbocycles. The van der Waals surface area contributed by atoms with Crippen molar-refractivity contribution in [3.63, 3.8) is 0 Å². The lowest BCUT2D eigenvalue weighted by Crippen LogP contribution is -2.79. The zero-order chi connectivity index (χ0) is 20.7. The summed E-state index contributed by atoms with van der Waals surface area (Å²) in [6.07, 6.45) is 0. The van der Waals surface area contributed by atoms with E-state index >= 15 is 0 Å². The Morgan fingerprint density at radius 3 is 2.07 bits per heavy atom. The second kappa shape index (κ2) is 7.06. The van der Waals surface area contributed by atoms with Gasteiger partial charge in [-0.15, -0.1) is 0 Å². The number of hydrogen-bond donors (Lipinski definition) is 2. The number of nitrogens with zero attached hydrogens (tertiary/aromatic N) is 1. The number of likely N-dealkylation sites (tertiary alicyclic amines) is 1. The number of carbonyl (C=O) groups is 2. The summed E-state index contributed by atoms with van der Waals surface area (Å²) in [6.45, 7) is 9.51. The number of hydrogen-bond acceptors (Lipinski definition) is 3. The van der Waals surface area contributed by atoms with Gasteiger partial charge >= 0.3 is 0 Å². The lowest BCUT2D eigenvalue weighted by molar-refractivity contribution is -0.221. The number of carbonyl (C=O) groups excluding carboxylic acids is 2. The van der Waals surface area contributed by atoms with Crippen LogP contribution in [0, 0.1) is 0 Å². The first-order chi connectivity index (χ1) is 13.1. The van der Waals surface area contributed by atoms with Gasteiger partial charge in [-0.1, -0.05) is 42.5 Å². The third kappa shape index (κ3) is 3.00. The minimum Gasteiger partial charge on any atom is -0.374 e. The van der Waals surface area contributed by atoms with E-state index < -0.39 is 11.1 Å². The molecule has 148 valence electrons. The summed E-state index contributed by atoms with van der Waals surface area (Å²) < 4.78 is 0. The van der Waals surface area contributed by atoms with Crippen LogP contribution in [0.1, 0.15) is 62.1 Å². The maximum atomic E-state index is 12.7. The second-order valence-electron chi connectivity index (χ2n) is 8.22. The van der Waals surface area contributed by atoms with Gasteiger partial charge in [-0.25, -0.2) is 0 Å². The summed E-state index contributed by atoms with van der Waals surface area (Å²) in [5.74, 6) is -0.500. The van der Waals surface area contributed by atoms with E-state index in [1.165, 1.54) is 0 Å². The quantitative estimate of drug-likeness (QED) is 0.781. The Balaban J connectivity index is 1.77. The van der Waals surface area contributed by atoms with Crippen molar-refractivity contribution in [3.05, 3.63) is 71.3 Å².